The molecule has 0 bridgehead atoms. The summed E-state index contributed by atoms with van der Waals surface area (Å²) in [4.78, 5) is 23.2. The van der Waals surface area contributed by atoms with Crippen molar-refractivity contribution in [3.05, 3.63) is 34.9 Å². The molecule has 0 aromatic heterocycles. The lowest BCUT2D eigenvalue weighted by Crippen LogP contribution is -2.42. The van der Waals surface area contributed by atoms with Gasteiger partial charge in [0.2, 0.25) is 11.8 Å². The molecule has 1 saturated carbocycles. The number of nitrogens with one attached hydrogen (secondary N) is 2. The van der Waals surface area contributed by atoms with Gasteiger partial charge < -0.3 is 16.4 Å². The molecule has 1 aromatic carbocycles. The van der Waals surface area contributed by atoms with Gasteiger partial charge in [-0.05, 0) is 36.5 Å². The fourth-order valence-electron chi connectivity index (χ4n) is 2.91. The molecular formula is C16H22ClN3O2. The van der Waals surface area contributed by atoms with E-state index in [2.05, 4.69) is 10.6 Å². The first-order valence-corrected chi connectivity index (χ1v) is 7.99. The predicted octanol–water partition coefficient (Wildman–Crippen LogP) is 1.76. The third-order valence-electron chi connectivity index (χ3n) is 4.05. The van der Waals surface area contributed by atoms with Crippen molar-refractivity contribution in [3.8, 4) is 0 Å². The van der Waals surface area contributed by atoms with Crippen molar-refractivity contribution in [2.45, 2.75) is 31.7 Å². The summed E-state index contributed by atoms with van der Waals surface area (Å²) in [5.74, 6) is -0.108. The van der Waals surface area contributed by atoms with Gasteiger partial charge in [0.15, 0.2) is 0 Å². The largest absolute Gasteiger partial charge is 0.347 e. The maximum absolute atomic E-state index is 12.1. The molecule has 1 fully saturated rings. The Labute approximate surface area is 135 Å². The summed E-state index contributed by atoms with van der Waals surface area (Å²) in [6, 6.07) is 7.53. The molecule has 22 heavy (non-hydrogen) atoms. The highest BCUT2D eigenvalue weighted by atomic mass is 35.5. The van der Waals surface area contributed by atoms with Gasteiger partial charge in [0.05, 0.1) is 19.1 Å². The molecule has 1 unspecified atom stereocenters. The van der Waals surface area contributed by atoms with Crippen LogP contribution < -0.4 is 16.4 Å². The van der Waals surface area contributed by atoms with Crippen molar-refractivity contribution in [1.29, 1.82) is 0 Å². The van der Waals surface area contributed by atoms with Gasteiger partial charge in [-0.2, -0.15) is 0 Å². The van der Waals surface area contributed by atoms with Gasteiger partial charge in [-0.15, -0.1) is 0 Å². The summed E-state index contributed by atoms with van der Waals surface area (Å²) in [5, 5.41) is 6.20. The van der Waals surface area contributed by atoms with E-state index in [1.54, 1.807) is 0 Å². The Balaban J connectivity index is 2.03. The summed E-state index contributed by atoms with van der Waals surface area (Å²) >= 11 is 5.94. The Morgan fingerprint density at radius 1 is 1.18 bits per heavy atom. The zero-order valence-electron chi connectivity index (χ0n) is 12.5. The van der Waals surface area contributed by atoms with Crippen LogP contribution in [0.3, 0.4) is 0 Å². The van der Waals surface area contributed by atoms with Crippen molar-refractivity contribution in [3.63, 3.8) is 0 Å². The summed E-state index contributed by atoms with van der Waals surface area (Å²) in [6.45, 7) is -0.163. The minimum Gasteiger partial charge on any atom is -0.347 e. The second kappa shape index (κ2) is 8.15. The van der Waals surface area contributed by atoms with E-state index >= 15 is 0 Å². The molecule has 1 aromatic rings. The molecule has 0 saturated heterocycles. The van der Waals surface area contributed by atoms with Crippen molar-refractivity contribution in [2.75, 3.05) is 13.1 Å². The highest BCUT2D eigenvalue weighted by Crippen LogP contribution is 2.36. The van der Waals surface area contributed by atoms with Crippen LogP contribution >= 0.6 is 11.6 Å². The van der Waals surface area contributed by atoms with E-state index in [9.17, 15) is 9.59 Å². The third-order valence-corrected chi connectivity index (χ3v) is 4.30. The second-order valence-electron chi connectivity index (χ2n) is 5.62. The van der Waals surface area contributed by atoms with Crippen LogP contribution in [-0.2, 0) is 9.59 Å². The van der Waals surface area contributed by atoms with Gasteiger partial charge in [-0.3, -0.25) is 9.59 Å². The summed E-state index contributed by atoms with van der Waals surface area (Å²) < 4.78 is 0. The van der Waals surface area contributed by atoms with Crippen LogP contribution in [0.25, 0.3) is 0 Å². The number of carbonyl (C=O) groups is 2. The van der Waals surface area contributed by atoms with Gasteiger partial charge in [-0.25, -0.2) is 0 Å². The lowest BCUT2D eigenvalue weighted by Gasteiger charge is -2.25. The fourth-order valence-corrected chi connectivity index (χ4v) is 3.04. The number of rotatable bonds is 6. The third kappa shape index (κ3) is 4.71. The lowest BCUT2D eigenvalue weighted by atomic mass is 9.91. The molecule has 0 radical (unpaired) electrons. The first-order valence-electron chi connectivity index (χ1n) is 7.61. The van der Waals surface area contributed by atoms with Gasteiger partial charge in [0, 0.05) is 5.02 Å². The van der Waals surface area contributed by atoms with Crippen LogP contribution in [0.2, 0.25) is 5.02 Å². The molecule has 4 N–H and O–H groups in total. The van der Waals surface area contributed by atoms with E-state index in [-0.39, 0.29) is 30.9 Å². The first kappa shape index (κ1) is 16.8. The number of hydrogen-bond acceptors (Lipinski definition) is 3. The minimum atomic E-state index is -0.334. The van der Waals surface area contributed by atoms with E-state index in [0.717, 1.165) is 18.4 Å². The zero-order chi connectivity index (χ0) is 15.9. The Morgan fingerprint density at radius 2 is 1.82 bits per heavy atom. The molecule has 0 heterocycles. The molecule has 0 spiro atoms. The number of halogens is 1. The Morgan fingerprint density at radius 3 is 2.41 bits per heavy atom. The number of hydrogen-bond donors (Lipinski definition) is 3. The van der Waals surface area contributed by atoms with Crippen LogP contribution in [-0.4, -0.2) is 24.9 Å². The maximum Gasteiger partial charge on any atom is 0.239 e. The molecule has 6 heteroatoms. The molecule has 2 amide bonds. The maximum atomic E-state index is 12.1. The molecule has 2 rings (SSSR count). The molecular weight excluding hydrogens is 302 g/mol. The summed E-state index contributed by atoms with van der Waals surface area (Å²) in [5.41, 5.74) is 6.26. The van der Waals surface area contributed by atoms with Crippen LogP contribution in [0.1, 0.15) is 37.3 Å². The standard InChI is InChI=1S/C16H22ClN3O2/c17-13-7-5-12(6-8-13)16(11-3-1-2-4-11)20-15(22)10-19-14(21)9-18/h5-8,11,16H,1-4,9-10,18H2,(H,19,21)(H,20,22). The van der Waals surface area contributed by atoms with Gasteiger partial charge in [-0.1, -0.05) is 36.6 Å². The van der Waals surface area contributed by atoms with Gasteiger partial charge in [0.1, 0.15) is 0 Å². The van der Waals surface area contributed by atoms with E-state index in [1.165, 1.54) is 12.8 Å². The van der Waals surface area contributed by atoms with Crippen molar-refractivity contribution in [1.82, 2.24) is 10.6 Å². The number of nitrogens with two attached hydrogens (primary N) is 1. The highest BCUT2D eigenvalue weighted by Gasteiger charge is 2.27. The van der Waals surface area contributed by atoms with Gasteiger partial charge >= 0.3 is 0 Å². The fraction of sp³-hybridized carbons (Fsp3) is 0.500. The Kier molecular flexibility index (Phi) is 6.21. The Bertz CT molecular complexity index is 513. The second-order valence-corrected chi connectivity index (χ2v) is 6.06. The van der Waals surface area contributed by atoms with Crippen LogP contribution in [0, 0.1) is 5.92 Å². The molecule has 5 nitrogen and oxygen atoms in total. The molecule has 1 atom stereocenters. The van der Waals surface area contributed by atoms with Crippen LogP contribution in [0.15, 0.2) is 24.3 Å². The normalized spacial score (nSPS) is 16.3. The molecule has 120 valence electrons. The van der Waals surface area contributed by atoms with E-state index < -0.39 is 0 Å². The number of benzene rings is 1. The average molecular weight is 324 g/mol. The van der Waals surface area contributed by atoms with Crippen LogP contribution in [0.4, 0.5) is 0 Å². The van der Waals surface area contributed by atoms with Crippen molar-refractivity contribution < 1.29 is 9.59 Å². The van der Waals surface area contributed by atoms with Crippen LogP contribution in [0.5, 0.6) is 0 Å². The molecule has 1 aliphatic carbocycles. The zero-order valence-corrected chi connectivity index (χ0v) is 13.2. The number of carbonyl (C=O) groups excluding carboxylic acids is 2. The summed E-state index contributed by atoms with van der Waals surface area (Å²) in [6.07, 6.45) is 4.58. The highest BCUT2D eigenvalue weighted by molar-refractivity contribution is 6.30. The van der Waals surface area contributed by atoms with E-state index in [0.29, 0.717) is 10.9 Å². The minimum absolute atomic E-state index is 0.0398. The van der Waals surface area contributed by atoms with Gasteiger partial charge in [0.25, 0.3) is 0 Å². The lowest BCUT2D eigenvalue weighted by molar-refractivity contribution is -0.126. The number of amides is 2. The predicted molar refractivity (Wildman–Crippen MR) is 86.4 cm³/mol. The van der Waals surface area contributed by atoms with E-state index in [4.69, 9.17) is 17.3 Å². The monoisotopic (exact) mass is 323 g/mol. The SMILES string of the molecule is NCC(=O)NCC(=O)NC(c1ccc(Cl)cc1)C1CCCC1. The van der Waals surface area contributed by atoms with Crippen molar-refractivity contribution in [2.24, 2.45) is 11.7 Å². The topological polar surface area (TPSA) is 84.2 Å². The first-order chi connectivity index (χ1) is 10.6. The summed E-state index contributed by atoms with van der Waals surface area (Å²) in [7, 11) is 0. The average Bonchev–Trinajstić information content (AvgIpc) is 3.05. The molecule has 1 aliphatic rings. The quantitative estimate of drug-likeness (QED) is 0.746. The Hall–Kier alpha value is -1.59. The molecule has 0 aliphatic heterocycles. The smallest absolute Gasteiger partial charge is 0.239 e. The van der Waals surface area contributed by atoms with E-state index in [1.807, 2.05) is 24.3 Å². The van der Waals surface area contributed by atoms with Crippen molar-refractivity contribution >= 4 is 23.4 Å².